The zero-order valence-electron chi connectivity index (χ0n) is 17.1. The van der Waals surface area contributed by atoms with Crippen molar-refractivity contribution >= 4 is 23.2 Å². The van der Waals surface area contributed by atoms with Gasteiger partial charge in [-0.3, -0.25) is 9.59 Å². The average Bonchev–Trinajstić information content (AvgIpc) is 3.10. The molecule has 0 unspecified atom stereocenters. The van der Waals surface area contributed by atoms with E-state index in [4.69, 9.17) is 4.42 Å². The number of halogens is 8. The van der Waals surface area contributed by atoms with Crippen LogP contribution >= 0.6 is 0 Å². The van der Waals surface area contributed by atoms with Crippen molar-refractivity contribution in [2.45, 2.75) is 44.2 Å². The molecule has 2 amide bonds. The zero-order chi connectivity index (χ0) is 25.5. The number of furan rings is 1. The minimum atomic E-state index is -6.67. The van der Waals surface area contributed by atoms with Crippen LogP contribution in [0.2, 0.25) is 0 Å². The summed E-state index contributed by atoms with van der Waals surface area (Å²) >= 11 is 0. The van der Waals surface area contributed by atoms with E-state index in [1.165, 1.54) is 19.1 Å². The molecule has 14 heteroatoms. The van der Waals surface area contributed by atoms with Crippen LogP contribution in [-0.2, 0) is 11.2 Å². The number of amides is 2. The number of anilines is 1. The lowest BCUT2D eigenvalue weighted by Gasteiger charge is -2.26. The normalized spacial score (nSPS) is 15.7. The fraction of sp³-hybridized carbons (Fsp3) is 0.350. The van der Waals surface area contributed by atoms with E-state index in [1.54, 1.807) is 0 Å². The van der Waals surface area contributed by atoms with Crippen molar-refractivity contribution in [1.29, 1.82) is 0 Å². The molecule has 6 nitrogen and oxygen atoms in total. The van der Waals surface area contributed by atoms with Gasteiger partial charge in [-0.15, -0.1) is 0 Å². The van der Waals surface area contributed by atoms with Crippen LogP contribution in [0.3, 0.4) is 0 Å². The van der Waals surface area contributed by atoms with Crippen LogP contribution in [0, 0.1) is 12.7 Å². The molecule has 34 heavy (non-hydrogen) atoms. The average molecular weight is 497 g/mol. The molecule has 0 spiro atoms. The number of hydrazone groups is 1. The van der Waals surface area contributed by atoms with Gasteiger partial charge in [0, 0.05) is 23.2 Å². The number of rotatable bonds is 5. The van der Waals surface area contributed by atoms with E-state index in [2.05, 4.69) is 10.4 Å². The van der Waals surface area contributed by atoms with Gasteiger partial charge in [-0.25, -0.2) is 9.82 Å². The lowest BCUT2D eigenvalue weighted by molar-refractivity contribution is -0.344. The summed E-state index contributed by atoms with van der Waals surface area (Å²) in [6.45, 7) is 1.40. The van der Waals surface area contributed by atoms with Crippen LogP contribution in [0.25, 0.3) is 0 Å². The molecule has 1 aliphatic rings. The van der Waals surface area contributed by atoms with E-state index in [0.29, 0.717) is 6.42 Å². The highest BCUT2D eigenvalue weighted by Gasteiger charge is 2.76. The number of carbonyl (C=O) groups is 2. The smallest absolute Gasteiger partial charge is 0.455 e. The SMILES string of the molecule is Cc1c(C(=O)Nc2ccc(F)cc2)oc2c1/C(=N/NC(=O)C(F)(F)C(F)(F)C(F)(F)F)CCC2. The van der Waals surface area contributed by atoms with E-state index in [0.717, 1.165) is 17.6 Å². The second kappa shape index (κ2) is 8.72. The van der Waals surface area contributed by atoms with E-state index >= 15 is 0 Å². The van der Waals surface area contributed by atoms with Gasteiger partial charge in [0.2, 0.25) is 0 Å². The van der Waals surface area contributed by atoms with Gasteiger partial charge in [0.15, 0.2) is 5.76 Å². The summed E-state index contributed by atoms with van der Waals surface area (Å²) in [5.74, 6) is -17.0. The summed E-state index contributed by atoms with van der Waals surface area (Å²) in [7, 11) is 0. The lowest BCUT2D eigenvalue weighted by Crippen LogP contribution is -2.58. The first kappa shape index (κ1) is 25.2. The molecule has 1 heterocycles. The fourth-order valence-corrected chi connectivity index (χ4v) is 3.23. The minimum absolute atomic E-state index is 0.0217. The highest BCUT2D eigenvalue weighted by atomic mass is 19.4. The van der Waals surface area contributed by atoms with Crippen LogP contribution in [0.15, 0.2) is 33.8 Å². The van der Waals surface area contributed by atoms with E-state index in [-0.39, 0.29) is 46.9 Å². The Morgan fingerprint density at radius 3 is 2.21 bits per heavy atom. The van der Waals surface area contributed by atoms with Crippen molar-refractivity contribution in [2.75, 3.05) is 5.32 Å². The number of hydrogen-bond donors (Lipinski definition) is 2. The van der Waals surface area contributed by atoms with Gasteiger partial charge in [-0.2, -0.15) is 35.8 Å². The molecule has 0 aliphatic heterocycles. The number of benzene rings is 1. The molecule has 1 aliphatic carbocycles. The van der Waals surface area contributed by atoms with Crippen molar-refractivity contribution in [1.82, 2.24) is 5.43 Å². The predicted octanol–water partition coefficient (Wildman–Crippen LogP) is 4.97. The Hall–Kier alpha value is -3.45. The van der Waals surface area contributed by atoms with Crippen molar-refractivity contribution < 1.29 is 49.1 Å². The molecular formula is C20H15F8N3O3. The maximum atomic E-state index is 13.5. The highest BCUT2D eigenvalue weighted by molar-refractivity contribution is 6.09. The van der Waals surface area contributed by atoms with Crippen LogP contribution in [-0.4, -0.2) is 35.5 Å². The predicted molar refractivity (Wildman–Crippen MR) is 101 cm³/mol. The second-order valence-electron chi connectivity index (χ2n) is 7.31. The quantitative estimate of drug-likeness (QED) is 0.452. The first-order chi connectivity index (χ1) is 15.7. The summed E-state index contributed by atoms with van der Waals surface area (Å²) in [5, 5.41) is 5.77. The standard InChI is InChI=1S/C20H15F8N3O3/c1-9-14-12(30-31-17(33)18(22,23)19(24,25)20(26,27)28)3-2-4-13(14)34-15(9)16(32)29-11-7-5-10(21)6-8-11/h5-8H,2-4H2,1H3,(H,29,32)(H,31,33)/b30-12+. The van der Waals surface area contributed by atoms with Crippen LogP contribution in [0.4, 0.5) is 40.8 Å². The molecule has 0 radical (unpaired) electrons. The Morgan fingerprint density at radius 1 is 1.00 bits per heavy atom. The molecule has 0 saturated heterocycles. The fourth-order valence-electron chi connectivity index (χ4n) is 3.23. The number of alkyl halides is 7. The molecule has 1 aromatic heterocycles. The Balaban J connectivity index is 1.85. The molecule has 184 valence electrons. The third-order valence-electron chi connectivity index (χ3n) is 4.96. The van der Waals surface area contributed by atoms with Gasteiger partial charge in [0.25, 0.3) is 5.91 Å². The summed E-state index contributed by atoms with van der Waals surface area (Å²) in [6.07, 6.45) is -6.08. The molecule has 0 bridgehead atoms. The molecule has 1 aromatic carbocycles. The highest BCUT2D eigenvalue weighted by Crippen LogP contribution is 2.46. The molecule has 0 atom stereocenters. The number of aryl methyl sites for hydroxylation is 1. The molecule has 0 fully saturated rings. The number of carbonyl (C=O) groups excluding carboxylic acids is 2. The van der Waals surface area contributed by atoms with Gasteiger partial charge in [-0.1, -0.05) is 0 Å². The number of nitrogens with zero attached hydrogens (tertiary/aromatic N) is 1. The first-order valence-electron chi connectivity index (χ1n) is 9.55. The summed E-state index contributed by atoms with van der Waals surface area (Å²) in [4.78, 5) is 24.0. The monoisotopic (exact) mass is 497 g/mol. The third-order valence-corrected chi connectivity index (χ3v) is 4.96. The number of hydrogen-bond acceptors (Lipinski definition) is 4. The maximum absolute atomic E-state index is 13.5. The van der Waals surface area contributed by atoms with Gasteiger partial charge >= 0.3 is 23.9 Å². The van der Waals surface area contributed by atoms with E-state index in [1.807, 2.05) is 0 Å². The Bertz CT molecular complexity index is 1140. The van der Waals surface area contributed by atoms with E-state index < -0.39 is 35.7 Å². The molecule has 2 aromatic rings. The summed E-state index contributed by atoms with van der Waals surface area (Å²) < 4.78 is 108. The van der Waals surface area contributed by atoms with Crippen molar-refractivity contribution in [2.24, 2.45) is 5.10 Å². The number of fused-ring (bicyclic) bond motifs is 1. The van der Waals surface area contributed by atoms with Crippen LogP contribution < -0.4 is 10.7 Å². The zero-order valence-corrected chi connectivity index (χ0v) is 17.1. The first-order valence-corrected chi connectivity index (χ1v) is 9.55. The molecule has 2 N–H and O–H groups in total. The molecule has 3 rings (SSSR count). The van der Waals surface area contributed by atoms with Gasteiger partial charge in [0.05, 0.1) is 5.71 Å². The Kier molecular flexibility index (Phi) is 6.46. The van der Waals surface area contributed by atoms with Crippen molar-refractivity contribution in [3.05, 3.63) is 52.7 Å². The number of nitrogens with one attached hydrogen (secondary N) is 2. The van der Waals surface area contributed by atoms with Crippen molar-refractivity contribution in [3.63, 3.8) is 0 Å². The third kappa shape index (κ3) is 4.48. The second-order valence-corrected chi connectivity index (χ2v) is 7.31. The Morgan fingerprint density at radius 2 is 1.62 bits per heavy atom. The van der Waals surface area contributed by atoms with Gasteiger partial charge in [0.1, 0.15) is 11.6 Å². The van der Waals surface area contributed by atoms with Crippen molar-refractivity contribution in [3.8, 4) is 0 Å². The minimum Gasteiger partial charge on any atom is -0.455 e. The van der Waals surface area contributed by atoms with Crippen LogP contribution in [0.5, 0.6) is 0 Å². The van der Waals surface area contributed by atoms with Crippen LogP contribution in [0.1, 0.15) is 40.3 Å². The van der Waals surface area contributed by atoms with Gasteiger partial charge in [-0.05, 0) is 44.0 Å². The largest absolute Gasteiger partial charge is 0.460 e. The molecular weight excluding hydrogens is 482 g/mol. The lowest BCUT2D eigenvalue weighted by atomic mass is 9.93. The van der Waals surface area contributed by atoms with E-state index in [9.17, 15) is 44.7 Å². The van der Waals surface area contributed by atoms with Gasteiger partial charge < -0.3 is 9.73 Å². The summed E-state index contributed by atoms with van der Waals surface area (Å²) in [5.41, 5.74) is 1.43. The topological polar surface area (TPSA) is 83.7 Å². The maximum Gasteiger partial charge on any atom is 0.460 e. The summed E-state index contributed by atoms with van der Waals surface area (Å²) in [6, 6.07) is 4.76. The Labute approximate surface area is 186 Å². The molecule has 0 saturated carbocycles.